The normalized spacial score (nSPS) is 25.0. The molecule has 2 aromatic carbocycles. The van der Waals surface area contributed by atoms with E-state index in [2.05, 4.69) is 32.9 Å². The third-order valence-corrected chi connectivity index (χ3v) is 9.79. The van der Waals surface area contributed by atoms with Crippen LogP contribution in [0.3, 0.4) is 0 Å². The summed E-state index contributed by atoms with van der Waals surface area (Å²) in [6.07, 6.45) is 3.43. The Kier molecular flexibility index (Phi) is 5.49. The number of nitrogens with zero attached hydrogens (tertiary/aromatic N) is 3. The summed E-state index contributed by atoms with van der Waals surface area (Å²) in [5, 5.41) is 0.996. The molecule has 7 rings (SSSR count). The molecule has 0 N–H and O–H groups in total. The number of benzene rings is 2. The molecule has 39 heavy (non-hydrogen) atoms. The maximum atomic E-state index is 15.3. The molecule has 0 bridgehead atoms. The molecule has 200 valence electrons. The van der Waals surface area contributed by atoms with Crippen LogP contribution in [0.2, 0.25) is 0 Å². The first-order valence-corrected chi connectivity index (χ1v) is 14.0. The number of pyridine rings is 1. The van der Waals surface area contributed by atoms with E-state index in [1.54, 1.807) is 6.07 Å². The number of halogens is 1. The molecule has 2 aliphatic carbocycles. The maximum Gasteiger partial charge on any atom is 0.173 e. The van der Waals surface area contributed by atoms with E-state index >= 15 is 4.39 Å². The Hall–Kier alpha value is -3.22. The van der Waals surface area contributed by atoms with E-state index in [0.717, 1.165) is 59.1 Å². The van der Waals surface area contributed by atoms with Gasteiger partial charge in [-0.15, -0.1) is 0 Å². The Morgan fingerprint density at radius 2 is 1.62 bits per heavy atom. The van der Waals surface area contributed by atoms with Crippen LogP contribution in [0.15, 0.2) is 54.6 Å². The summed E-state index contributed by atoms with van der Waals surface area (Å²) in [5.74, 6) is 0.0961. The summed E-state index contributed by atoms with van der Waals surface area (Å²) < 4.78 is 28.0. The van der Waals surface area contributed by atoms with Gasteiger partial charge >= 0.3 is 0 Å². The van der Waals surface area contributed by atoms with Crippen molar-refractivity contribution < 1.29 is 13.9 Å². The van der Waals surface area contributed by atoms with Crippen molar-refractivity contribution in [2.24, 2.45) is 11.3 Å². The highest BCUT2D eigenvalue weighted by Crippen LogP contribution is 2.62. The third kappa shape index (κ3) is 3.54. The van der Waals surface area contributed by atoms with Crippen molar-refractivity contribution in [2.45, 2.75) is 64.6 Å². The largest absolute Gasteiger partial charge is 0.347 e. The highest BCUT2D eigenvalue weighted by molar-refractivity contribution is 5.93. The Morgan fingerprint density at radius 1 is 0.872 bits per heavy atom. The Bertz CT molecular complexity index is 1610. The number of rotatable bonds is 2. The molecule has 0 radical (unpaired) electrons. The molecular formula is C33H34FN3O2. The van der Waals surface area contributed by atoms with Crippen molar-refractivity contribution in [1.82, 2.24) is 15.0 Å². The van der Waals surface area contributed by atoms with E-state index in [-0.39, 0.29) is 22.6 Å². The lowest BCUT2D eigenvalue weighted by Crippen LogP contribution is -2.61. The number of ether oxygens (including phenoxy) is 2. The van der Waals surface area contributed by atoms with Crippen LogP contribution in [-0.4, -0.2) is 34.0 Å². The molecule has 1 spiro atoms. The Balaban J connectivity index is 1.49. The molecule has 4 aromatic rings. The summed E-state index contributed by atoms with van der Waals surface area (Å²) in [7, 11) is 0. The van der Waals surface area contributed by atoms with Gasteiger partial charge in [0.05, 0.1) is 30.1 Å². The fraction of sp³-hybridized carbons (Fsp3) is 0.424. The average molecular weight is 524 g/mol. The second-order valence-electron chi connectivity index (χ2n) is 12.2. The minimum Gasteiger partial charge on any atom is -0.347 e. The van der Waals surface area contributed by atoms with E-state index in [1.165, 1.54) is 6.07 Å². The highest BCUT2D eigenvalue weighted by atomic mass is 19.1. The number of aryl methyl sites for hydroxylation is 1. The number of hydrogen-bond donors (Lipinski definition) is 0. The van der Waals surface area contributed by atoms with Crippen molar-refractivity contribution in [3.63, 3.8) is 0 Å². The Morgan fingerprint density at radius 3 is 2.41 bits per heavy atom. The lowest BCUT2D eigenvalue weighted by atomic mass is 9.49. The summed E-state index contributed by atoms with van der Waals surface area (Å²) in [5.41, 5.74) is 5.64. The van der Waals surface area contributed by atoms with Crippen LogP contribution >= 0.6 is 0 Å². The SMILES string of the molecule is Cc1cc(-c2nc(-c3ccccc3F)c3c(n2)[C@]2(C)CCC4(OCCO4)C(C)(C)[C@H]2CC3)c2ccccc2n1. The van der Waals surface area contributed by atoms with Gasteiger partial charge in [-0.1, -0.05) is 51.1 Å². The molecular weight excluding hydrogens is 489 g/mol. The lowest BCUT2D eigenvalue weighted by Gasteiger charge is -2.59. The smallest absolute Gasteiger partial charge is 0.173 e. The summed E-state index contributed by atoms with van der Waals surface area (Å²) >= 11 is 0. The molecule has 1 saturated carbocycles. The number of para-hydroxylation sites is 1. The number of aromatic nitrogens is 3. The van der Waals surface area contributed by atoms with Gasteiger partial charge in [0.2, 0.25) is 0 Å². The molecule has 2 aromatic heterocycles. The minimum absolute atomic E-state index is 0.211. The minimum atomic E-state index is -0.558. The monoisotopic (exact) mass is 523 g/mol. The van der Waals surface area contributed by atoms with Gasteiger partial charge in [-0.25, -0.2) is 14.4 Å². The molecule has 3 aliphatic rings. The summed E-state index contributed by atoms with van der Waals surface area (Å²) in [6, 6.07) is 17.1. The van der Waals surface area contributed by atoms with Crippen LogP contribution in [0.1, 0.15) is 57.0 Å². The molecule has 0 unspecified atom stereocenters. The summed E-state index contributed by atoms with van der Waals surface area (Å²) in [6.45, 7) is 10.2. The molecule has 1 saturated heterocycles. The second-order valence-corrected chi connectivity index (χ2v) is 12.2. The Labute approximate surface area is 228 Å². The van der Waals surface area contributed by atoms with Gasteiger partial charge in [-0.05, 0) is 56.4 Å². The molecule has 0 amide bonds. The maximum absolute atomic E-state index is 15.3. The van der Waals surface area contributed by atoms with Gasteiger partial charge < -0.3 is 9.47 Å². The van der Waals surface area contributed by atoms with Gasteiger partial charge in [0, 0.05) is 45.0 Å². The van der Waals surface area contributed by atoms with Crippen LogP contribution in [0.5, 0.6) is 0 Å². The van der Waals surface area contributed by atoms with Crippen molar-refractivity contribution in [1.29, 1.82) is 0 Å². The van der Waals surface area contributed by atoms with Gasteiger partial charge in [-0.3, -0.25) is 4.98 Å². The zero-order valence-corrected chi connectivity index (χ0v) is 23.1. The van der Waals surface area contributed by atoms with Crippen molar-refractivity contribution in [3.05, 3.63) is 77.4 Å². The van der Waals surface area contributed by atoms with Crippen LogP contribution in [-0.2, 0) is 21.3 Å². The van der Waals surface area contributed by atoms with Crippen LogP contribution < -0.4 is 0 Å². The first-order chi connectivity index (χ1) is 18.7. The number of fused-ring (bicyclic) bond motifs is 4. The van der Waals surface area contributed by atoms with E-state index in [0.29, 0.717) is 30.3 Å². The second kappa shape index (κ2) is 8.64. The van der Waals surface area contributed by atoms with Gasteiger partial charge in [0.1, 0.15) is 5.82 Å². The molecule has 6 heteroatoms. The van der Waals surface area contributed by atoms with E-state index < -0.39 is 5.79 Å². The third-order valence-electron chi connectivity index (χ3n) is 9.79. The molecule has 2 atom stereocenters. The fourth-order valence-corrected chi connectivity index (χ4v) is 7.89. The summed E-state index contributed by atoms with van der Waals surface area (Å²) in [4.78, 5) is 15.3. The van der Waals surface area contributed by atoms with Crippen LogP contribution in [0.25, 0.3) is 33.5 Å². The zero-order chi connectivity index (χ0) is 27.0. The van der Waals surface area contributed by atoms with Gasteiger partial charge in [0.25, 0.3) is 0 Å². The predicted octanol–water partition coefficient (Wildman–Crippen LogP) is 7.19. The zero-order valence-electron chi connectivity index (χ0n) is 23.1. The lowest BCUT2D eigenvalue weighted by molar-refractivity contribution is -0.276. The molecule has 2 fully saturated rings. The standard InChI is InChI=1S/C33H34FN3O2/c1-20-19-24(21-9-6-8-12-26(21)35-20)30-36-28(22-10-5-7-11-25(22)34)23-13-14-27-31(2,3)33(38-17-18-39-33)16-15-32(27,4)29(23)37-30/h5-12,19,27H,13-18H2,1-4H3/t27-,32-/m1/s1. The first kappa shape index (κ1) is 24.8. The van der Waals surface area contributed by atoms with Gasteiger partial charge in [-0.2, -0.15) is 0 Å². The van der Waals surface area contributed by atoms with Crippen molar-refractivity contribution in [3.8, 4) is 22.6 Å². The van der Waals surface area contributed by atoms with Crippen molar-refractivity contribution >= 4 is 10.9 Å². The topological polar surface area (TPSA) is 57.1 Å². The quantitative estimate of drug-likeness (QED) is 0.278. The van der Waals surface area contributed by atoms with Crippen molar-refractivity contribution in [2.75, 3.05) is 13.2 Å². The fourth-order valence-electron chi connectivity index (χ4n) is 7.89. The number of hydrogen-bond acceptors (Lipinski definition) is 5. The molecule has 1 aliphatic heterocycles. The highest BCUT2D eigenvalue weighted by Gasteiger charge is 2.63. The van der Waals surface area contributed by atoms with Crippen LogP contribution in [0, 0.1) is 24.1 Å². The van der Waals surface area contributed by atoms with E-state index in [1.807, 2.05) is 37.3 Å². The molecule has 5 nitrogen and oxygen atoms in total. The van der Waals surface area contributed by atoms with E-state index in [9.17, 15) is 0 Å². The first-order valence-electron chi connectivity index (χ1n) is 14.0. The van der Waals surface area contributed by atoms with E-state index in [4.69, 9.17) is 24.4 Å². The van der Waals surface area contributed by atoms with Crippen LogP contribution in [0.4, 0.5) is 4.39 Å². The molecule has 3 heterocycles. The average Bonchev–Trinajstić information content (AvgIpc) is 3.42. The van der Waals surface area contributed by atoms with Gasteiger partial charge in [0.15, 0.2) is 11.6 Å². The predicted molar refractivity (Wildman–Crippen MR) is 150 cm³/mol.